The summed E-state index contributed by atoms with van der Waals surface area (Å²) in [5.74, 6) is -3.05. The lowest BCUT2D eigenvalue weighted by Gasteiger charge is -2.32. The van der Waals surface area contributed by atoms with Gasteiger partial charge in [-0.1, -0.05) is 26.0 Å². The number of Topliss-reactive ketones (excluding diaryl/α,β-unsaturated/α-hetero) is 1. The number of fused-ring (bicyclic) bond motifs is 3. The van der Waals surface area contributed by atoms with E-state index >= 15 is 9.18 Å². The second-order valence-electron chi connectivity index (χ2n) is 19.7. The molecule has 1 N–H and O–H groups in total. The van der Waals surface area contributed by atoms with Gasteiger partial charge in [-0.25, -0.2) is 17.8 Å². The summed E-state index contributed by atoms with van der Waals surface area (Å²) in [6.45, 7) is 12.9. The molecule has 2 aromatic carbocycles. The Morgan fingerprint density at radius 1 is 1.03 bits per heavy atom. The summed E-state index contributed by atoms with van der Waals surface area (Å²) in [6, 6.07) is 10.7. The van der Waals surface area contributed by atoms with Crippen molar-refractivity contribution in [1.82, 2.24) is 14.6 Å². The van der Waals surface area contributed by atoms with Gasteiger partial charge >= 0.3 is 5.97 Å². The number of nitrogens with one attached hydrogen (secondary N) is 1. The highest BCUT2D eigenvalue weighted by molar-refractivity contribution is 7.90. The number of amides is 2. The Hall–Kier alpha value is -5.05. The Morgan fingerprint density at radius 2 is 1.78 bits per heavy atom. The molecule has 0 radical (unpaired) electrons. The highest BCUT2D eigenvalue weighted by Crippen LogP contribution is 2.57. The van der Waals surface area contributed by atoms with E-state index in [0.717, 1.165) is 6.42 Å². The molecule has 2 saturated carbocycles. The molecule has 7 atom stereocenters. The Morgan fingerprint density at radius 3 is 2.45 bits per heavy atom. The Bertz CT molecular complexity index is 2430. The first-order valence-electron chi connectivity index (χ1n) is 22.6. The molecular weight excluding hydrogens is 842 g/mol. The number of pyridine rings is 1. The van der Waals surface area contributed by atoms with Crippen LogP contribution in [0.15, 0.2) is 54.6 Å². The number of carbonyl (C=O) groups excluding carboxylic acids is 4. The van der Waals surface area contributed by atoms with Gasteiger partial charge in [0.05, 0.1) is 54.5 Å². The molecule has 3 fully saturated rings. The number of sulfonamides is 1. The molecule has 2 amide bonds. The monoisotopic (exact) mass is 903 g/mol. The van der Waals surface area contributed by atoms with E-state index < -0.39 is 73.7 Å². The average molecular weight is 904 g/mol. The second-order valence-corrected chi connectivity index (χ2v) is 21.7. The molecule has 4 aliphatic rings. The molecule has 64 heavy (non-hydrogen) atoms. The number of esters is 1. The summed E-state index contributed by atoms with van der Waals surface area (Å²) >= 11 is 0. The zero-order valence-electron chi connectivity index (χ0n) is 38.1. The number of halogens is 1. The molecule has 13 nitrogen and oxygen atoms in total. The zero-order valence-corrected chi connectivity index (χ0v) is 39.0. The van der Waals surface area contributed by atoms with Crippen LogP contribution in [0.5, 0.6) is 17.4 Å². The van der Waals surface area contributed by atoms with Crippen LogP contribution in [0.2, 0.25) is 0 Å². The van der Waals surface area contributed by atoms with Gasteiger partial charge in [-0.2, -0.15) is 0 Å². The second kappa shape index (κ2) is 18.4. The zero-order chi connectivity index (χ0) is 46.3. The van der Waals surface area contributed by atoms with Crippen LogP contribution in [0.1, 0.15) is 106 Å². The van der Waals surface area contributed by atoms with Crippen molar-refractivity contribution in [2.75, 3.05) is 13.7 Å². The van der Waals surface area contributed by atoms with Gasteiger partial charge in [-0.3, -0.25) is 23.9 Å². The molecule has 1 saturated heterocycles. The predicted octanol–water partition coefficient (Wildman–Crippen LogP) is 8.12. The van der Waals surface area contributed by atoms with Crippen LogP contribution in [-0.2, 0) is 33.9 Å². The molecule has 7 rings (SSSR count). The Labute approximate surface area is 375 Å². The third-order valence-corrected chi connectivity index (χ3v) is 14.7. The number of rotatable bonds is 11. The van der Waals surface area contributed by atoms with Crippen LogP contribution in [0.4, 0.5) is 4.39 Å². The lowest BCUT2D eigenvalue weighted by atomic mass is 9.82. The topological polar surface area (TPSA) is 167 Å². The number of carbonyl (C=O) groups is 4. The van der Waals surface area contributed by atoms with Crippen molar-refractivity contribution in [1.29, 1.82) is 0 Å². The first-order chi connectivity index (χ1) is 30.2. The largest absolute Gasteiger partial charge is 0.497 e. The molecule has 3 heterocycles. The molecular formula is C49H62FN3O10S. The maximum Gasteiger partial charge on any atom is 0.307 e. The number of benzene rings is 2. The first-order valence-corrected chi connectivity index (χ1v) is 24.1. The van der Waals surface area contributed by atoms with Crippen molar-refractivity contribution in [3.05, 3.63) is 60.4 Å². The maximum atomic E-state index is 15.3. The summed E-state index contributed by atoms with van der Waals surface area (Å²) in [4.78, 5) is 63.8. The first kappa shape index (κ1) is 46.9. The molecule has 2 aliphatic carbocycles. The number of hydrogen-bond donors (Lipinski definition) is 1. The van der Waals surface area contributed by atoms with E-state index in [-0.39, 0.29) is 67.7 Å². The fourth-order valence-electron chi connectivity index (χ4n) is 9.29. The Kier molecular flexibility index (Phi) is 13.5. The smallest absolute Gasteiger partial charge is 0.307 e. The van der Waals surface area contributed by atoms with E-state index in [9.17, 15) is 22.8 Å². The standard InChI is InChI=1S/C49H62FN3O10S/c1-28(2)61-43-18-13-31(21-39(43)50)40-22-32-20-34(60-8)14-17-37(32)45(51-40)62-35-23-41-42(54)26-49(47(57)52-64(58,59)36-15-16-36)25-33(49)12-10-9-11-29(3)19-30(4)38(46(56)53(41)27-35)24-44(55)63-48(5,6)7/h10,12-14,17-18,20-22,28-30,33,35-36,38,41H,9,11,15-16,19,23-27H2,1-8H3,(H,52,57)/b12-10-/t29-,30-,33-,35-,38+,41+,49-/m1/s1. The summed E-state index contributed by atoms with van der Waals surface area (Å²) in [5, 5.41) is 0.660. The maximum absolute atomic E-state index is 15.3. The van der Waals surface area contributed by atoms with Crippen molar-refractivity contribution >= 4 is 44.4 Å². The van der Waals surface area contributed by atoms with Crippen molar-refractivity contribution < 1.29 is 50.9 Å². The summed E-state index contributed by atoms with van der Waals surface area (Å²) < 4.78 is 67.3. The molecule has 0 unspecified atom stereocenters. The van der Waals surface area contributed by atoms with Gasteiger partial charge in [-0.15, -0.1) is 0 Å². The van der Waals surface area contributed by atoms with E-state index in [1.807, 2.05) is 39.0 Å². The Balaban J connectivity index is 1.26. The van der Waals surface area contributed by atoms with E-state index in [1.54, 1.807) is 58.2 Å². The minimum atomic E-state index is -3.91. The summed E-state index contributed by atoms with van der Waals surface area (Å²) in [6.07, 6.45) is 5.77. The number of ketones is 1. The van der Waals surface area contributed by atoms with Gasteiger partial charge in [0, 0.05) is 23.8 Å². The highest BCUT2D eigenvalue weighted by atomic mass is 32.2. The summed E-state index contributed by atoms with van der Waals surface area (Å²) in [5.41, 5.74) is -1.25. The molecule has 0 spiro atoms. The van der Waals surface area contributed by atoms with Crippen LogP contribution < -0.4 is 18.9 Å². The minimum Gasteiger partial charge on any atom is -0.497 e. The molecule has 1 aromatic heterocycles. The number of methoxy groups -OCH3 is 1. The van der Waals surface area contributed by atoms with E-state index in [2.05, 4.69) is 11.6 Å². The molecule has 3 aromatic rings. The number of ether oxygens (including phenoxy) is 4. The normalized spacial score (nSPS) is 27.2. The minimum absolute atomic E-state index is 0.0342. The molecule has 0 bridgehead atoms. The third-order valence-electron chi connectivity index (χ3n) is 12.8. The van der Waals surface area contributed by atoms with Gasteiger partial charge in [0.1, 0.15) is 17.5 Å². The number of aromatic nitrogens is 1. The third kappa shape index (κ3) is 10.7. The van der Waals surface area contributed by atoms with E-state index in [4.69, 9.17) is 23.9 Å². The van der Waals surface area contributed by atoms with Gasteiger partial charge in [-0.05, 0) is 139 Å². The fourth-order valence-corrected chi connectivity index (χ4v) is 10.7. The van der Waals surface area contributed by atoms with Crippen LogP contribution in [0, 0.1) is 34.9 Å². The van der Waals surface area contributed by atoms with Crippen LogP contribution >= 0.6 is 0 Å². The van der Waals surface area contributed by atoms with Crippen LogP contribution in [-0.4, -0.2) is 84.6 Å². The van der Waals surface area contributed by atoms with Crippen molar-refractivity contribution in [3.8, 4) is 28.6 Å². The van der Waals surface area contributed by atoms with Gasteiger partial charge in [0.15, 0.2) is 17.3 Å². The van der Waals surface area contributed by atoms with Crippen molar-refractivity contribution in [3.63, 3.8) is 0 Å². The number of nitrogens with zero attached hydrogens (tertiary/aromatic N) is 2. The molecule has 15 heteroatoms. The quantitative estimate of drug-likeness (QED) is 0.146. The summed E-state index contributed by atoms with van der Waals surface area (Å²) in [7, 11) is -2.36. The fraction of sp³-hybridized carbons (Fsp3) is 0.571. The lowest BCUT2D eigenvalue weighted by molar-refractivity contribution is -0.160. The van der Waals surface area contributed by atoms with Crippen molar-refractivity contribution in [2.45, 2.75) is 135 Å². The van der Waals surface area contributed by atoms with Crippen LogP contribution in [0.3, 0.4) is 0 Å². The SMILES string of the molecule is COc1ccc2c(O[C@@H]3C[C@H]4C(=O)C[C@]5(C(=O)NS(=O)(=O)C6CC6)C[C@H]5/C=C\CC[C@@H](C)C[C@@H](C)[C@H](CC(=O)OC(C)(C)C)C(=O)N4C3)nc(-c3ccc(OC(C)C)c(F)c3)cc2c1. The lowest BCUT2D eigenvalue weighted by Crippen LogP contribution is -2.47. The van der Waals surface area contributed by atoms with E-state index in [1.165, 1.54) is 11.0 Å². The van der Waals surface area contributed by atoms with E-state index in [0.29, 0.717) is 53.5 Å². The van der Waals surface area contributed by atoms with Crippen molar-refractivity contribution in [2.24, 2.45) is 29.1 Å². The number of hydrogen-bond acceptors (Lipinski definition) is 11. The molecule has 2 aliphatic heterocycles. The van der Waals surface area contributed by atoms with Gasteiger partial charge in [0.25, 0.3) is 0 Å². The highest BCUT2D eigenvalue weighted by Gasteiger charge is 2.61. The van der Waals surface area contributed by atoms with Gasteiger partial charge in [0.2, 0.25) is 27.7 Å². The molecule has 346 valence electrons. The predicted molar refractivity (Wildman–Crippen MR) is 240 cm³/mol. The van der Waals surface area contributed by atoms with Gasteiger partial charge < -0.3 is 23.8 Å². The number of allylic oxidation sites excluding steroid dienone is 2. The van der Waals surface area contributed by atoms with Crippen LogP contribution in [0.25, 0.3) is 22.0 Å². The average Bonchev–Trinajstić information content (AvgIpc) is 4.14.